The largest absolute Gasteiger partial charge is 0.573 e. The number of hydrogen-bond acceptors (Lipinski definition) is 6. The second-order valence-corrected chi connectivity index (χ2v) is 6.63. The minimum Gasteiger partial charge on any atom is -0.494 e. The van der Waals surface area contributed by atoms with Crippen LogP contribution in [-0.4, -0.2) is 35.5 Å². The monoisotopic (exact) mass is 444 g/mol. The zero-order valence-electron chi connectivity index (χ0n) is 16.9. The first-order chi connectivity index (χ1) is 15.3. The minimum absolute atomic E-state index is 0.0923. The molecule has 0 unspecified atom stereocenters. The Labute approximate surface area is 179 Å². The number of pyridine rings is 1. The van der Waals surface area contributed by atoms with Gasteiger partial charge in [0.05, 0.1) is 7.11 Å². The Balaban J connectivity index is 1.92. The summed E-state index contributed by atoms with van der Waals surface area (Å²) in [6.07, 6.45) is -1.78. The molecule has 0 amide bonds. The molecule has 0 aliphatic carbocycles. The summed E-state index contributed by atoms with van der Waals surface area (Å²) in [5.74, 6) is -0.954. The maximum atomic E-state index is 14.9. The number of nitrogens with one attached hydrogen (secondary N) is 1. The highest BCUT2D eigenvalue weighted by Crippen LogP contribution is 2.38. The van der Waals surface area contributed by atoms with Crippen molar-refractivity contribution in [2.75, 3.05) is 19.5 Å². The van der Waals surface area contributed by atoms with Crippen LogP contribution in [0, 0.1) is 5.82 Å². The van der Waals surface area contributed by atoms with Crippen LogP contribution in [0.2, 0.25) is 0 Å². The van der Waals surface area contributed by atoms with E-state index in [4.69, 9.17) is 4.74 Å². The molecular formula is C22H16F4N4O2. The fraction of sp³-hybridized carbons (Fsp3) is 0.136. The molecule has 1 N–H and O–H groups in total. The molecule has 32 heavy (non-hydrogen) atoms. The van der Waals surface area contributed by atoms with E-state index in [0.29, 0.717) is 33.9 Å². The van der Waals surface area contributed by atoms with E-state index in [1.807, 2.05) is 0 Å². The number of aromatic nitrogens is 3. The van der Waals surface area contributed by atoms with Gasteiger partial charge in [-0.2, -0.15) is 0 Å². The van der Waals surface area contributed by atoms with E-state index in [1.165, 1.54) is 25.3 Å². The minimum atomic E-state index is -5.02. The standard InChI is InChI=1S/C22H16F4N4O2/c1-27-21-15-9-13(14-6-3-7-16(18(14)23)32-22(24,25)26)10-17(31-2)19(15)29-20(30-21)12-5-4-8-28-11-12/h3-11H,1-2H3,(H,27,29,30). The quantitative estimate of drug-likeness (QED) is 0.413. The highest BCUT2D eigenvalue weighted by Gasteiger charge is 2.33. The Kier molecular flexibility index (Phi) is 5.52. The summed E-state index contributed by atoms with van der Waals surface area (Å²) in [5.41, 5.74) is 1.30. The molecular weight excluding hydrogens is 428 g/mol. The van der Waals surface area contributed by atoms with Crippen LogP contribution in [-0.2, 0) is 0 Å². The lowest BCUT2D eigenvalue weighted by Gasteiger charge is -2.15. The zero-order valence-corrected chi connectivity index (χ0v) is 16.9. The zero-order chi connectivity index (χ0) is 22.9. The molecule has 0 fully saturated rings. The lowest BCUT2D eigenvalue weighted by atomic mass is 10.0. The van der Waals surface area contributed by atoms with Crippen molar-refractivity contribution in [1.82, 2.24) is 15.0 Å². The maximum Gasteiger partial charge on any atom is 0.573 e. The van der Waals surface area contributed by atoms with Crippen molar-refractivity contribution >= 4 is 16.7 Å². The molecule has 0 aliphatic rings. The van der Waals surface area contributed by atoms with Gasteiger partial charge in [0.15, 0.2) is 17.4 Å². The molecule has 0 radical (unpaired) electrons. The van der Waals surface area contributed by atoms with E-state index in [9.17, 15) is 17.6 Å². The van der Waals surface area contributed by atoms with Crippen LogP contribution >= 0.6 is 0 Å². The van der Waals surface area contributed by atoms with Crippen LogP contribution in [0.3, 0.4) is 0 Å². The van der Waals surface area contributed by atoms with Gasteiger partial charge in [0, 0.05) is 36.0 Å². The number of anilines is 1. The lowest BCUT2D eigenvalue weighted by molar-refractivity contribution is -0.275. The summed E-state index contributed by atoms with van der Waals surface area (Å²) in [7, 11) is 3.08. The van der Waals surface area contributed by atoms with E-state index in [0.717, 1.165) is 6.07 Å². The predicted octanol–water partition coefficient (Wildman–Crippen LogP) is 5.45. The summed E-state index contributed by atoms with van der Waals surface area (Å²) in [5, 5.41) is 3.47. The molecule has 0 saturated heterocycles. The summed E-state index contributed by atoms with van der Waals surface area (Å²) in [6, 6.07) is 10.2. The Hall–Kier alpha value is -3.95. The molecule has 6 nitrogen and oxygen atoms in total. The van der Waals surface area contributed by atoms with Crippen LogP contribution < -0.4 is 14.8 Å². The third-order valence-electron chi connectivity index (χ3n) is 4.64. The number of hydrogen-bond donors (Lipinski definition) is 1. The lowest BCUT2D eigenvalue weighted by Crippen LogP contribution is -2.18. The summed E-state index contributed by atoms with van der Waals surface area (Å²) in [4.78, 5) is 13.1. The Morgan fingerprint density at radius 3 is 2.44 bits per heavy atom. The van der Waals surface area contributed by atoms with Gasteiger partial charge in [0.1, 0.15) is 17.1 Å². The van der Waals surface area contributed by atoms with Crippen molar-refractivity contribution < 1.29 is 27.0 Å². The van der Waals surface area contributed by atoms with Crippen molar-refractivity contribution in [2.24, 2.45) is 0 Å². The van der Waals surface area contributed by atoms with Gasteiger partial charge in [0.25, 0.3) is 0 Å². The van der Waals surface area contributed by atoms with Gasteiger partial charge in [0.2, 0.25) is 0 Å². The Morgan fingerprint density at radius 2 is 1.78 bits per heavy atom. The second kappa shape index (κ2) is 8.29. The topological polar surface area (TPSA) is 69.2 Å². The van der Waals surface area contributed by atoms with Gasteiger partial charge in [-0.3, -0.25) is 4.98 Å². The van der Waals surface area contributed by atoms with Crippen LogP contribution in [0.15, 0.2) is 54.9 Å². The Bertz CT molecular complexity index is 1280. The second-order valence-electron chi connectivity index (χ2n) is 6.63. The molecule has 10 heteroatoms. The number of ether oxygens (including phenoxy) is 2. The maximum absolute atomic E-state index is 14.9. The van der Waals surface area contributed by atoms with E-state index in [-0.39, 0.29) is 11.1 Å². The van der Waals surface area contributed by atoms with Crippen LogP contribution in [0.25, 0.3) is 33.4 Å². The number of alkyl halides is 3. The van der Waals surface area contributed by atoms with E-state index in [2.05, 4.69) is 25.0 Å². The highest BCUT2D eigenvalue weighted by atomic mass is 19.4. The summed E-state index contributed by atoms with van der Waals surface area (Å²) in [6.45, 7) is 0. The van der Waals surface area contributed by atoms with Crippen molar-refractivity contribution in [3.63, 3.8) is 0 Å². The molecule has 0 aliphatic heterocycles. The van der Waals surface area contributed by atoms with Crippen molar-refractivity contribution in [3.8, 4) is 34.0 Å². The first-order valence-electron chi connectivity index (χ1n) is 9.33. The van der Waals surface area contributed by atoms with Crippen LogP contribution in [0.1, 0.15) is 0 Å². The third kappa shape index (κ3) is 4.11. The summed E-state index contributed by atoms with van der Waals surface area (Å²) < 4.78 is 62.0. The van der Waals surface area contributed by atoms with Crippen LogP contribution in [0.5, 0.6) is 11.5 Å². The summed E-state index contributed by atoms with van der Waals surface area (Å²) >= 11 is 0. The van der Waals surface area contributed by atoms with E-state index >= 15 is 0 Å². The van der Waals surface area contributed by atoms with Gasteiger partial charge in [-0.1, -0.05) is 12.1 Å². The number of rotatable bonds is 5. The number of methoxy groups -OCH3 is 1. The van der Waals surface area contributed by atoms with Gasteiger partial charge >= 0.3 is 6.36 Å². The smallest absolute Gasteiger partial charge is 0.494 e. The average molecular weight is 444 g/mol. The van der Waals surface area contributed by atoms with Gasteiger partial charge in [-0.05, 0) is 35.9 Å². The first-order valence-corrected chi connectivity index (χ1v) is 9.33. The molecule has 2 aromatic carbocycles. The fourth-order valence-corrected chi connectivity index (χ4v) is 3.26. The molecule has 0 saturated carbocycles. The molecule has 0 bridgehead atoms. The van der Waals surface area contributed by atoms with Gasteiger partial charge in [-0.15, -0.1) is 13.2 Å². The van der Waals surface area contributed by atoms with Crippen molar-refractivity contribution in [1.29, 1.82) is 0 Å². The molecule has 0 atom stereocenters. The molecule has 4 rings (SSSR count). The third-order valence-corrected chi connectivity index (χ3v) is 4.64. The molecule has 164 valence electrons. The predicted molar refractivity (Wildman–Crippen MR) is 111 cm³/mol. The fourth-order valence-electron chi connectivity index (χ4n) is 3.26. The molecule has 2 aromatic heterocycles. The van der Waals surface area contributed by atoms with Gasteiger partial charge in [-0.25, -0.2) is 14.4 Å². The average Bonchev–Trinajstić information content (AvgIpc) is 2.78. The first kappa shape index (κ1) is 21.3. The number of halogens is 4. The Morgan fingerprint density at radius 1 is 0.969 bits per heavy atom. The van der Waals surface area contributed by atoms with Gasteiger partial charge < -0.3 is 14.8 Å². The number of fused-ring (bicyclic) bond motifs is 1. The van der Waals surface area contributed by atoms with E-state index < -0.39 is 17.9 Å². The number of nitrogens with zero attached hydrogens (tertiary/aromatic N) is 3. The number of benzene rings is 2. The van der Waals surface area contributed by atoms with Crippen molar-refractivity contribution in [3.05, 3.63) is 60.7 Å². The van der Waals surface area contributed by atoms with Crippen molar-refractivity contribution in [2.45, 2.75) is 6.36 Å². The molecule has 4 aromatic rings. The van der Waals surface area contributed by atoms with Crippen LogP contribution in [0.4, 0.5) is 23.4 Å². The highest BCUT2D eigenvalue weighted by molar-refractivity contribution is 5.98. The molecule has 2 heterocycles. The SMILES string of the molecule is CNc1nc(-c2cccnc2)nc2c(OC)cc(-c3cccc(OC(F)(F)F)c3F)cc12. The molecule has 0 spiro atoms. The van der Waals surface area contributed by atoms with E-state index in [1.54, 1.807) is 37.6 Å². The normalized spacial score (nSPS) is 11.4.